The van der Waals surface area contributed by atoms with Gasteiger partial charge in [-0.05, 0) is 43.7 Å². The maximum atomic E-state index is 12.4. The molecule has 3 N–H and O–H groups in total. The predicted molar refractivity (Wildman–Crippen MR) is 102 cm³/mol. The Bertz CT molecular complexity index is 597. The maximum Gasteiger partial charge on any atom is 0.253 e. The largest absolute Gasteiger partial charge is 0.381 e. The predicted octanol–water partition coefficient (Wildman–Crippen LogP) is 1.58. The number of hydrogen-bond donors (Lipinski definition) is 2. The van der Waals surface area contributed by atoms with Crippen LogP contribution in [-0.4, -0.2) is 55.1 Å². The number of hydrogen-bond acceptors (Lipinski definition) is 4. The lowest BCUT2D eigenvalue weighted by Crippen LogP contribution is -2.57. The number of nitrogens with one attached hydrogen (secondary N) is 1. The van der Waals surface area contributed by atoms with Crippen molar-refractivity contribution < 1.29 is 14.3 Å². The third-order valence-corrected chi connectivity index (χ3v) is 5.31. The van der Waals surface area contributed by atoms with Crippen molar-refractivity contribution in [1.29, 1.82) is 0 Å². The number of rotatable bonds is 4. The number of nitrogens with two attached hydrogens (primary N) is 1. The number of likely N-dealkylation sites (tertiary alicyclic amines) is 1. The molecular weight excluding hydrogens is 354 g/mol. The molecule has 0 radical (unpaired) electrons. The lowest BCUT2D eigenvalue weighted by Gasteiger charge is -2.34. The Morgan fingerprint density at radius 1 is 1.15 bits per heavy atom. The topological polar surface area (TPSA) is 84.7 Å². The smallest absolute Gasteiger partial charge is 0.253 e. The Labute approximate surface area is 160 Å². The Morgan fingerprint density at radius 2 is 1.77 bits per heavy atom. The van der Waals surface area contributed by atoms with Gasteiger partial charge in [0, 0.05) is 38.4 Å². The van der Waals surface area contributed by atoms with Crippen LogP contribution in [0.4, 0.5) is 0 Å². The van der Waals surface area contributed by atoms with Gasteiger partial charge in [-0.15, -0.1) is 12.4 Å². The van der Waals surface area contributed by atoms with E-state index in [1.807, 2.05) is 35.2 Å². The first-order chi connectivity index (χ1) is 12.1. The van der Waals surface area contributed by atoms with Gasteiger partial charge >= 0.3 is 0 Å². The summed E-state index contributed by atoms with van der Waals surface area (Å²) in [5, 5.41) is 3.02. The minimum Gasteiger partial charge on any atom is -0.381 e. The van der Waals surface area contributed by atoms with Gasteiger partial charge in [-0.2, -0.15) is 0 Å². The Hall–Kier alpha value is -1.63. The number of piperidine rings is 1. The van der Waals surface area contributed by atoms with Gasteiger partial charge in [0.05, 0.1) is 5.54 Å². The first-order valence-electron chi connectivity index (χ1n) is 9.08. The lowest BCUT2D eigenvalue weighted by atomic mass is 9.89. The molecule has 144 valence electrons. The van der Waals surface area contributed by atoms with E-state index in [0.717, 1.165) is 31.5 Å². The fraction of sp³-hybridized carbons (Fsp3) is 0.579. The van der Waals surface area contributed by atoms with Crippen molar-refractivity contribution in [2.75, 3.05) is 32.8 Å². The highest BCUT2D eigenvalue weighted by atomic mass is 35.5. The van der Waals surface area contributed by atoms with Gasteiger partial charge in [-0.25, -0.2) is 0 Å². The van der Waals surface area contributed by atoms with E-state index in [4.69, 9.17) is 10.5 Å². The van der Waals surface area contributed by atoms with Gasteiger partial charge < -0.3 is 20.7 Å². The second-order valence-electron chi connectivity index (χ2n) is 7.08. The summed E-state index contributed by atoms with van der Waals surface area (Å²) in [4.78, 5) is 26.7. The zero-order valence-electron chi connectivity index (χ0n) is 15.0. The van der Waals surface area contributed by atoms with Crippen molar-refractivity contribution in [3.05, 3.63) is 35.9 Å². The first-order valence-corrected chi connectivity index (χ1v) is 9.08. The molecule has 0 unspecified atom stereocenters. The zero-order chi connectivity index (χ0) is 17.7. The molecule has 2 aliphatic heterocycles. The molecule has 0 aromatic heterocycles. The van der Waals surface area contributed by atoms with E-state index < -0.39 is 5.54 Å². The van der Waals surface area contributed by atoms with Gasteiger partial charge in [0.1, 0.15) is 0 Å². The fourth-order valence-electron chi connectivity index (χ4n) is 3.48. The molecule has 2 saturated heterocycles. The van der Waals surface area contributed by atoms with E-state index in [2.05, 4.69) is 5.32 Å². The van der Waals surface area contributed by atoms with Crippen LogP contribution in [0.15, 0.2) is 30.3 Å². The van der Waals surface area contributed by atoms with Crippen molar-refractivity contribution in [3.8, 4) is 0 Å². The van der Waals surface area contributed by atoms with Crippen LogP contribution in [-0.2, 0) is 9.53 Å². The van der Waals surface area contributed by atoms with E-state index in [1.165, 1.54) is 0 Å². The van der Waals surface area contributed by atoms with E-state index in [9.17, 15) is 9.59 Å². The summed E-state index contributed by atoms with van der Waals surface area (Å²) in [6.07, 6.45) is 2.95. The second-order valence-corrected chi connectivity index (χ2v) is 7.08. The molecule has 6 nitrogen and oxygen atoms in total. The highest BCUT2D eigenvalue weighted by molar-refractivity contribution is 5.94. The van der Waals surface area contributed by atoms with Crippen molar-refractivity contribution in [2.24, 2.45) is 11.7 Å². The van der Waals surface area contributed by atoms with Gasteiger partial charge in [-0.1, -0.05) is 18.2 Å². The van der Waals surface area contributed by atoms with Crippen LogP contribution < -0.4 is 11.1 Å². The highest BCUT2D eigenvalue weighted by Gasteiger charge is 2.36. The van der Waals surface area contributed by atoms with Crippen LogP contribution in [0.2, 0.25) is 0 Å². The van der Waals surface area contributed by atoms with Crippen molar-refractivity contribution in [2.45, 2.75) is 31.2 Å². The molecule has 7 heteroatoms. The summed E-state index contributed by atoms with van der Waals surface area (Å²) in [5.74, 6) is 0.414. The molecule has 3 rings (SSSR count). The van der Waals surface area contributed by atoms with E-state index >= 15 is 0 Å². The van der Waals surface area contributed by atoms with Crippen LogP contribution in [0, 0.1) is 5.92 Å². The van der Waals surface area contributed by atoms with Crippen LogP contribution >= 0.6 is 12.4 Å². The first kappa shape index (κ1) is 20.7. The zero-order valence-corrected chi connectivity index (χ0v) is 15.8. The third kappa shape index (κ3) is 4.96. The van der Waals surface area contributed by atoms with Crippen molar-refractivity contribution in [3.63, 3.8) is 0 Å². The average molecular weight is 382 g/mol. The third-order valence-electron chi connectivity index (χ3n) is 5.31. The van der Waals surface area contributed by atoms with Gasteiger partial charge in [-0.3, -0.25) is 9.59 Å². The molecule has 2 fully saturated rings. The normalized spacial score (nSPS) is 20.1. The standard InChI is InChI=1S/C19H27N3O3.ClH/c20-19(8-12-25-13-9-19)18(24)21-14-15-6-10-22(11-7-15)17(23)16-4-2-1-3-5-16;/h1-5,15H,6-14,20H2,(H,21,24);1H. The number of amides is 2. The molecule has 0 saturated carbocycles. The molecule has 0 atom stereocenters. The second kappa shape index (κ2) is 9.35. The van der Waals surface area contributed by atoms with Crippen LogP contribution in [0.3, 0.4) is 0 Å². The number of nitrogens with zero attached hydrogens (tertiary/aromatic N) is 1. The summed E-state index contributed by atoms with van der Waals surface area (Å²) in [7, 11) is 0. The molecule has 0 aliphatic carbocycles. The maximum absolute atomic E-state index is 12.4. The monoisotopic (exact) mass is 381 g/mol. The molecule has 2 aliphatic rings. The van der Waals surface area contributed by atoms with Crippen LogP contribution in [0.1, 0.15) is 36.0 Å². The van der Waals surface area contributed by atoms with Gasteiger partial charge in [0.25, 0.3) is 5.91 Å². The molecule has 0 spiro atoms. The number of carbonyl (C=O) groups excluding carboxylic acids is 2. The van der Waals surface area contributed by atoms with Crippen molar-refractivity contribution in [1.82, 2.24) is 10.2 Å². The summed E-state index contributed by atoms with van der Waals surface area (Å²) in [6.45, 7) is 3.19. The summed E-state index contributed by atoms with van der Waals surface area (Å²) >= 11 is 0. The Balaban J connectivity index is 0.00000243. The van der Waals surface area contributed by atoms with Crippen LogP contribution in [0.25, 0.3) is 0 Å². The molecule has 26 heavy (non-hydrogen) atoms. The molecule has 1 aromatic carbocycles. The molecule has 0 bridgehead atoms. The molecular formula is C19H28ClN3O3. The summed E-state index contributed by atoms with van der Waals surface area (Å²) < 4.78 is 5.28. The number of halogens is 1. The Morgan fingerprint density at radius 3 is 2.38 bits per heavy atom. The number of benzene rings is 1. The lowest BCUT2D eigenvalue weighted by molar-refractivity contribution is -0.130. The summed E-state index contributed by atoms with van der Waals surface area (Å²) in [5.41, 5.74) is 6.15. The number of carbonyl (C=O) groups is 2. The Kier molecular flexibility index (Phi) is 7.43. The molecule has 1 aromatic rings. The van der Waals surface area contributed by atoms with E-state index in [-0.39, 0.29) is 24.2 Å². The van der Waals surface area contributed by atoms with Crippen LogP contribution in [0.5, 0.6) is 0 Å². The SMILES string of the molecule is Cl.NC1(C(=O)NCC2CCN(C(=O)c3ccccc3)CC2)CCOCC1. The van der Waals surface area contributed by atoms with E-state index in [1.54, 1.807) is 0 Å². The van der Waals surface area contributed by atoms with Crippen molar-refractivity contribution >= 4 is 24.2 Å². The fourth-order valence-corrected chi connectivity index (χ4v) is 3.48. The van der Waals surface area contributed by atoms with Gasteiger partial charge in [0.2, 0.25) is 5.91 Å². The minimum absolute atomic E-state index is 0. The molecule has 2 heterocycles. The minimum atomic E-state index is -0.789. The summed E-state index contributed by atoms with van der Waals surface area (Å²) in [6, 6.07) is 9.38. The molecule has 2 amide bonds. The average Bonchev–Trinajstić information content (AvgIpc) is 2.67. The quantitative estimate of drug-likeness (QED) is 0.829. The highest BCUT2D eigenvalue weighted by Crippen LogP contribution is 2.20. The van der Waals surface area contributed by atoms with E-state index in [0.29, 0.717) is 38.5 Å². The number of ether oxygens (including phenoxy) is 1. The van der Waals surface area contributed by atoms with Gasteiger partial charge in [0.15, 0.2) is 0 Å².